The Bertz CT molecular complexity index is 1030. The van der Waals surface area contributed by atoms with Gasteiger partial charge in [-0.05, 0) is 30.2 Å². The molecule has 1 aromatic heterocycles. The molecule has 3 N–H and O–H groups in total. The number of amides is 1. The van der Waals surface area contributed by atoms with Crippen LogP contribution in [-0.4, -0.2) is 31.7 Å². The van der Waals surface area contributed by atoms with Crippen molar-refractivity contribution in [2.75, 3.05) is 12.0 Å². The average Bonchev–Trinajstić information content (AvgIpc) is 2.62. The molecule has 1 aliphatic rings. The molecule has 0 fully saturated rings. The number of nitrogens with two attached hydrogens (primary N) is 1. The summed E-state index contributed by atoms with van der Waals surface area (Å²) < 4.78 is 16.8. The average molecular weight is 369 g/mol. The maximum atomic E-state index is 12.9. The summed E-state index contributed by atoms with van der Waals surface area (Å²) in [7, 11) is -2.77. The molecule has 1 amide bonds. The number of phenols is 1. The first kappa shape index (κ1) is 17.9. The van der Waals surface area contributed by atoms with E-state index < -0.39 is 15.6 Å². The highest BCUT2D eigenvalue weighted by Crippen LogP contribution is 2.26. The van der Waals surface area contributed by atoms with Crippen molar-refractivity contribution in [3.63, 3.8) is 0 Å². The number of carbonyl (C=O) groups excluding carboxylic acids is 1. The highest BCUT2D eigenvalue weighted by atomic mass is 32.2. The SMILES string of the molecule is C[S@@](=O)(=NC(=O)c1cc(-c2cccc(O)c2)cnc1N)C1C=CC=CC1. The van der Waals surface area contributed by atoms with Crippen molar-refractivity contribution in [2.45, 2.75) is 11.7 Å². The number of hydrogen-bond acceptors (Lipinski definition) is 5. The molecule has 6 nitrogen and oxygen atoms in total. The first-order chi connectivity index (χ1) is 12.4. The van der Waals surface area contributed by atoms with E-state index >= 15 is 0 Å². The number of phenolic OH excluding ortho intramolecular Hbond substituents is 1. The molecule has 0 saturated heterocycles. The molecule has 0 aliphatic heterocycles. The molecule has 0 saturated carbocycles. The van der Waals surface area contributed by atoms with E-state index in [4.69, 9.17) is 5.73 Å². The lowest BCUT2D eigenvalue weighted by Crippen LogP contribution is -2.19. The van der Waals surface area contributed by atoms with Gasteiger partial charge in [0.1, 0.15) is 11.6 Å². The topological polar surface area (TPSA) is 106 Å². The number of hydrogen-bond donors (Lipinski definition) is 2. The molecule has 2 atom stereocenters. The predicted molar refractivity (Wildman–Crippen MR) is 103 cm³/mol. The minimum absolute atomic E-state index is 0.0249. The van der Waals surface area contributed by atoms with Gasteiger partial charge >= 0.3 is 0 Å². The second-order valence-corrected chi connectivity index (χ2v) is 8.56. The Morgan fingerprint density at radius 3 is 2.81 bits per heavy atom. The maximum Gasteiger partial charge on any atom is 0.288 e. The largest absolute Gasteiger partial charge is 0.508 e. The number of nitrogen functional groups attached to an aromatic ring is 1. The highest BCUT2D eigenvalue weighted by molar-refractivity contribution is 7.94. The van der Waals surface area contributed by atoms with Crippen LogP contribution < -0.4 is 5.73 Å². The lowest BCUT2D eigenvalue weighted by molar-refractivity contribution is 0.101. The number of anilines is 1. The molecule has 1 unspecified atom stereocenters. The third-order valence-corrected chi connectivity index (χ3v) is 6.10. The van der Waals surface area contributed by atoms with Gasteiger partial charge in [0.15, 0.2) is 0 Å². The van der Waals surface area contributed by atoms with Crippen LogP contribution in [0.4, 0.5) is 5.82 Å². The predicted octanol–water partition coefficient (Wildman–Crippen LogP) is 3.16. The third-order valence-electron chi connectivity index (χ3n) is 4.10. The van der Waals surface area contributed by atoms with Gasteiger partial charge in [-0.1, -0.05) is 36.4 Å². The molecule has 0 bridgehead atoms. The van der Waals surface area contributed by atoms with Gasteiger partial charge in [-0.2, -0.15) is 4.36 Å². The standard InChI is InChI=1S/C19H19N3O3S/c1-26(25,16-8-3-2-4-9-16)22-19(24)17-11-14(12-21-18(17)20)13-6-5-7-15(23)10-13/h2-8,10-12,16,23H,9H2,1H3,(H2,20,21)/t16?,26-/m0/s1. The summed E-state index contributed by atoms with van der Waals surface area (Å²) >= 11 is 0. The fourth-order valence-electron chi connectivity index (χ4n) is 2.65. The number of pyridine rings is 1. The number of allylic oxidation sites excluding steroid dienone is 3. The van der Waals surface area contributed by atoms with E-state index in [9.17, 15) is 14.1 Å². The van der Waals surface area contributed by atoms with E-state index in [1.807, 2.05) is 12.2 Å². The smallest absolute Gasteiger partial charge is 0.288 e. The van der Waals surface area contributed by atoms with Gasteiger partial charge in [0.2, 0.25) is 0 Å². The maximum absolute atomic E-state index is 12.9. The minimum atomic E-state index is -2.77. The van der Waals surface area contributed by atoms with Crippen molar-refractivity contribution in [1.82, 2.24) is 4.98 Å². The zero-order chi connectivity index (χ0) is 18.7. The minimum Gasteiger partial charge on any atom is -0.508 e. The Hall–Kier alpha value is -2.93. The van der Waals surface area contributed by atoms with Gasteiger partial charge in [-0.25, -0.2) is 9.19 Å². The molecular weight excluding hydrogens is 350 g/mol. The van der Waals surface area contributed by atoms with E-state index in [2.05, 4.69) is 9.35 Å². The van der Waals surface area contributed by atoms with E-state index in [-0.39, 0.29) is 22.4 Å². The van der Waals surface area contributed by atoms with Crippen molar-refractivity contribution in [1.29, 1.82) is 0 Å². The molecule has 1 heterocycles. The Labute approximate surface area is 152 Å². The van der Waals surface area contributed by atoms with Crippen LogP contribution in [0, 0.1) is 0 Å². The Kier molecular flexibility index (Phi) is 4.90. The molecule has 2 aromatic rings. The van der Waals surface area contributed by atoms with Crippen molar-refractivity contribution < 1.29 is 14.1 Å². The van der Waals surface area contributed by atoms with Crippen LogP contribution in [0.3, 0.4) is 0 Å². The molecule has 0 spiro atoms. The molecule has 1 aliphatic carbocycles. The quantitative estimate of drug-likeness (QED) is 0.864. The summed E-state index contributed by atoms with van der Waals surface area (Å²) in [5.74, 6) is -0.532. The lowest BCUT2D eigenvalue weighted by Gasteiger charge is -2.15. The molecule has 0 radical (unpaired) electrons. The fraction of sp³-hybridized carbons (Fsp3) is 0.158. The number of rotatable bonds is 3. The zero-order valence-corrected chi connectivity index (χ0v) is 15.0. The van der Waals surface area contributed by atoms with Crippen molar-refractivity contribution in [3.05, 3.63) is 66.4 Å². The van der Waals surface area contributed by atoms with E-state index in [0.29, 0.717) is 17.5 Å². The van der Waals surface area contributed by atoms with Gasteiger partial charge in [-0.3, -0.25) is 4.79 Å². The summed E-state index contributed by atoms with van der Waals surface area (Å²) in [5, 5.41) is 9.30. The number of nitrogens with zero attached hydrogens (tertiary/aromatic N) is 2. The van der Waals surface area contributed by atoms with Crippen molar-refractivity contribution in [2.24, 2.45) is 4.36 Å². The Morgan fingerprint density at radius 2 is 2.12 bits per heavy atom. The summed E-state index contributed by atoms with van der Waals surface area (Å²) in [6.45, 7) is 0. The monoisotopic (exact) mass is 369 g/mol. The molecule has 7 heteroatoms. The highest BCUT2D eigenvalue weighted by Gasteiger charge is 2.20. The first-order valence-electron chi connectivity index (χ1n) is 8.00. The van der Waals surface area contributed by atoms with Crippen LogP contribution in [0.1, 0.15) is 16.8 Å². The van der Waals surface area contributed by atoms with Crippen molar-refractivity contribution in [3.8, 4) is 16.9 Å². The second kappa shape index (κ2) is 7.13. The Morgan fingerprint density at radius 1 is 1.31 bits per heavy atom. The van der Waals surface area contributed by atoms with Crippen LogP contribution in [0.15, 0.2) is 65.2 Å². The molecule has 1 aromatic carbocycles. The van der Waals surface area contributed by atoms with E-state index in [1.165, 1.54) is 12.5 Å². The van der Waals surface area contributed by atoms with Crippen LogP contribution in [0.5, 0.6) is 5.75 Å². The van der Waals surface area contributed by atoms with E-state index in [1.54, 1.807) is 42.5 Å². The summed E-state index contributed by atoms with van der Waals surface area (Å²) in [5.41, 5.74) is 7.22. The first-order valence-corrected chi connectivity index (χ1v) is 9.99. The number of aromatic nitrogens is 1. The van der Waals surface area contributed by atoms with Crippen LogP contribution >= 0.6 is 0 Å². The van der Waals surface area contributed by atoms with Crippen LogP contribution in [0.2, 0.25) is 0 Å². The Balaban J connectivity index is 1.98. The lowest BCUT2D eigenvalue weighted by atomic mass is 10.1. The van der Waals surface area contributed by atoms with Crippen LogP contribution in [-0.2, 0) is 9.73 Å². The molecule has 26 heavy (non-hydrogen) atoms. The van der Waals surface area contributed by atoms with Crippen LogP contribution in [0.25, 0.3) is 11.1 Å². The zero-order valence-electron chi connectivity index (χ0n) is 14.2. The number of carbonyl (C=O) groups is 1. The van der Waals surface area contributed by atoms with Gasteiger partial charge in [0.05, 0.1) is 20.5 Å². The van der Waals surface area contributed by atoms with Gasteiger partial charge in [0.25, 0.3) is 5.91 Å². The summed E-state index contributed by atoms with van der Waals surface area (Å²) in [6, 6.07) is 8.12. The molecule has 3 rings (SSSR count). The van der Waals surface area contributed by atoms with Gasteiger partial charge in [0, 0.05) is 18.0 Å². The van der Waals surface area contributed by atoms with Gasteiger partial charge < -0.3 is 10.8 Å². The summed E-state index contributed by atoms with van der Waals surface area (Å²) in [4.78, 5) is 16.7. The summed E-state index contributed by atoms with van der Waals surface area (Å²) in [6.07, 6.45) is 10.9. The number of aromatic hydroxyl groups is 1. The number of benzene rings is 1. The van der Waals surface area contributed by atoms with E-state index in [0.717, 1.165) is 0 Å². The fourth-order valence-corrected chi connectivity index (χ4v) is 4.07. The molecular formula is C19H19N3O3S. The molecule has 134 valence electrons. The third kappa shape index (κ3) is 3.83. The normalized spacial score (nSPS) is 18.3. The van der Waals surface area contributed by atoms with Gasteiger partial charge in [-0.15, -0.1) is 0 Å². The van der Waals surface area contributed by atoms with Crippen molar-refractivity contribution >= 4 is 21.5 Å². The second-order valence-electron chi connectivity index (χ2n) is 6.05.